The van der Waals surface area contributed by atoms with Crippen molar-refractivity contribution in [2.45, 2.75) is 39.2 Å². The van der Waals surface area contributed by atoms with E-state index in [2.05, 4.69) is 0 Å². The maximum absolute atomic E-state index is 12.6. The molecular formula is C16H28N2O5S. The van der Waals surface area contributed by atoms with Gasteiger partial charge in [0.1, 0.15) is 10.5 Å². The number of nitrogens with zero attached hydrogens (tertiary/aromatic N) is 2. The molecule has 1 fully saturated rings. The fourth-order valence-electron chi connectivity index (χ4n) is 2.43. The van der Waals surface area contributed by atoms with Crippen molar-refractivity contribution in [3.63, 3.8) is 0 Å². The molecule has 1 heterocycles. The van der Waals surface area contributed by atoms with E-state index >= 15 is 0 Å². The third kappa shape index (κ3) is 6.14. The van der Waals surface area contributed by atoms with Crippen molar-refractivity contribution in [1.82, 2.24) is 9.80 Å². The number of allylic oxidation sites excluding steroid dienone is 1. The van der Waals surface area contributed by atoms with Crippen molar-refractivity contribution >= 4 is 21.7 Å². The number of carbonyl (C=O) groups is 2. The van der Waals surface area contributed by atoms with Crippen molar-refractivity contribution < 1.29 is 22.7 Å². The van der Waals surface area contributed by atoms with Crippen LogP contribution in [0.25, 0.3) is 0 Å². The van der Waals surface area contributed by atoms with Crippen LogP contribution in [0.15, 0.2) is 11.1 Å². The van der Waals surface area contributed by atoms with Gasteiger partial charge >= 0.3 is 6.09 Å². The van der Waals surface area contributed by atoms with Gasteiger partial charge in [-0.3, -0.25) is 4.79 Å². The molecule has 1 aliphatic rings. The van der Waals surface area contributed by atoms with Gasteiger partial charge in [0.2, 0.25) is 0 Å². The van der Waals surface area contributed by atoms with Crippen LogP contribution in [0.1, 0.15) is 33.6 Å². The number of amides is 1. The molecule has 0 aromatic carbocycles. The zero-order chi connectivity index (χ0) is 18.7. The molecule has 8 heteroatoms. The van der Waals surface area contributed by atoms with Crippen LogP contribution >= 0.6 is 0 Å². The normalized spacial score (nSPS) is 17.6. The van der Waals surface area contributed by atoms with E-state index < -0.39 is 27.4 Å². The number of rotatable bonds is 4. The summed E-state index contributed by atoms with van der Waals surface area (Å²) in [5.74, 6) is -0.778. The minimum absolute atomic E-state index is 0.178. The molecule has 0 aliphatic carbocycles. The molecule has 7 nitrogen and oxygen atoms in total. The second-order valence-corrected chi connectivity index (χ2v) is 9.32. The summed E-state index contributed by atoms with van der Waals surface area (Å²) in [6.07, 6.45) is 2.84. The van der Waals surface area contributed by atoms with Gasteiger partial charge in [0.25, 0.3) is 0 Å². The zero-order valence-electron chi connectivity index (χ0n) is 15.3. The van der Waals surface area contributed by atoms with Crippen molar-refractivity contribution in [2.75, 3.05) is 33.4 Å². The number of piperidine rings is 1. The quantitative estimate of drug-likeness (QED) is 0.709. The highest BCUT2D eigenvalue weighted by Gasteiger charge is 2.33. The lowest BCUT2D eigenvalue weighted by Gasteiger charge is -2.33. The van der Waals surface area contributed by atoms with Gasteiger partial charge in [0.15, 0.2) is 15.6 Å². The molecule has 0 N–H and O–H groups in total. The van der Waals surface area contributed by atoms with Crippen LogP contribution in [-0.4, -0.2) is 69.1 Å². The first kappa shape index (κ1) is 20.5. The van der Waals surface area contributed by atoms with E-state index in [0.717, 1.165) is 6.26 Å². The number of hydrogen-bond acceptors (Lipinski definition) is 6. The fraction of sp³-hybridized carbons (Fsp3) is 0.750. The van der Waals surface area contributed by atoms with E-state index in [1.807, 2.05) is 0 Å². The Hall–Kier alpha value is -1.57. The molecule has 0 aromatic heterocycles. The number of hydrogen-bond donors (Lipinski definition) is 0. The Morgan fingerprint density at radius 1 is 1.17 bits per heavy atom. The Morgan fingerprint density at radius 2 is 1.67 bits per heavy atom. The number of carbonyl (C=O) groups excluding carboxylic acids is 2. The summed E-state index contributed by atoms with van der Waals surface area (Å²) in [6.45, 7) is 6.15. The van der Waals surface area contributed by atoms with Crippen LogP contribution in [0.5, 0.6) is 0 Å². The van der Waals surface area contributed by atoms with E-state index in [4.69, 9.17) is 4.74 Å². The minimum atomic E-state index is -3.60. The molecule has 24 heavy (non-hydrogen) atoms. The highest BCUT2D eigenvalue weighted by Crippen LogP contribution is 2.24. The molecule has 0 bridgehead atoms. The van der Waals surface area contributed by atoms with Crippen LogP contribution in [0.2, 0.25) is 0 Å². The van der Waals surface area contributed by atoms with E-state index in [-0.39, 0.29) is 10.7 Å². The number of Topliss-reactive ketones (excluding diaryl/α,β-unsaturated/α-hetero) is 1. The summed E-state index contributed by atoms with van der Waals surface area (Å²) in [7, 11) is -0.257. The Balaban J connectivity index is 2.76. The van der Waals surface area contributed by atoms with Gasteiger partial charge in [-0.25, -0.2) is 13.2 Å². The summed E-state index contributed by atoms with van der Waals surface area (Å²) >= 11 is 0. The first-order valence-corrected chi connectivity index (χ1v) is 9.81. The predicted octanol–water partition coefficient (Wildman–Crippen LogP) is 1.65. The second kappa shape index (κ2) is 7.55. The molecule has 0 unspecified atom stereocenters. The fourth-order valence-corrected chi connectivity index (χ4v) is 3.36. The highest BCUT2D eigenvalue weighted by molar-refractivity contribution is 7.95. The van der Waals surface area contributed by atoms with Crippen molar-refractivity contribution in [1.29, 1.82) is 0 Å². The van der Waals surface area contributed by atoms with Crippen LogP contribution < -0.4 is 0 Å². The lowest BCUT2D eigenvalue weighted by atomic mass is 9.92. The van der Waals surface area contributed by atoms with Gasteiger partial charge in [-0.2, -0.15) is 0 Å². The molecule has 0 saturated carbocycles. The van der Waals surface area contributed by atoms with Gasteiger partial charge in [-0.15, -0.1) is 0 Å². The summed E-state index contributed by atoms with van der Waals surface area (Å²) in [5.41, 5.74) is -0.568. The maximum Gasteiger partial charge on any atom is 0.410 e. The monoisotopic (exact) mass is 360 g/mol. The van der Waals surface area contributed by atoms with Gasteiger partial charge in [0.05, 0.1) is 0 Å². The summed E-state index contributed by atoms with van der Waals surface area (Å²) < 4.78 is 29.1. The lowest BCUT2D eigenvalue weighted by Crippen LogP contribution is -2.43. The largest absolute Gasteiger partial charge is 0.444 e. The SMILES string of the molecule is CN(C)/C=C(/C(=O)C1CCN(C(=O)OC(C)(C)C)CC1)S(C)(=O)=O. The summed E-state index contributed by atoms with van der Waals surface area (Å²) in [5, 5.41) is 0. The Bertz CT molecular complexity index is 609. The molecular weight excluding hydrogens is 332 g/mol. The van der Waals surface area contributed by atoms with Crippen molar-refractivity contribution in [3.05, 3.63) is 11.1 Å². The van der Waals surface area contributed by atoms with Crippen molar-refractivity contribution in [2.24, 2.45) is 5.92 Å². The van der Waals surface area contributed by atoms with Gasteiger partial charge in [0, 0.05) is 45.6 Å². The first-order chi connectivity index (χ1) is 10.8. The molecule has 0 spiro atoms. The van der Waals surface area contributed by atoms with Gasteiger partial charge < -0.3 is 14.5 Å². The Kier molecular flexibility index (Phi) is 6.44. The van der Waals surface area contributed by atoms with E-state index in [9.17, 15) is 18.0 Å². The smallest absolute Gasteiger partial charge is 0.410 e. The molecule has 0 radical (unpaired) electrons. The van der Waals surface area contributed by atoms with E-state index in [1.165, 1.54) is 6.20 Å². The lowest BCUT2D eigenvalue weighted by molar-refractivity contribution is -0.120. The average molecular weight is 360 g/mol. The standard InChI is InChI=1S/C16H28N2O5S/c1-16(2,3)23-15(20)18-9-7-12(8-10-18)14(19)13(11-17(4)5)24(6,21)22/h11-12H,7-10H2,1-6H3/b13-11-. The van der Waals surface area contributed by atoms with Crippen LogP contribution in [0.4, 0.5) is 4.79 Å². The summed E-state index contributed by atoms with van der Waals surface area (Å²) in [4.78, 5) is 27.5. The van der Waals surface area contributed by atoms with Crippen LogP contribution in [0.3, 0.4) is 0 Å². The maximum atomic E-state index is 12.6. The van der Waals surface area contributed by atoms with Gasteiger partial charge in [-0.05, 0) is 33.6 Å². The number of sulfone groups is 1. The van der Waals surface area contributed by atoms with E-state index in [1.54, 1.807) is 44.7 Å². The predicted molar refractivity (Wildman–Crippen MR) is 92.2 cm³/mol. The number of ether oxygens (including phenoxy) is 1. The topological polar surface area (TPSA) is 84.0 Å². The zero-order valence-corrected chi connectivity index (χ0v) is 16.1. The number of ketones is 1. The molecule has 1 rings (SSSR count). The van der Waals surface area contributed by atoms with E-state index in [0.29, 0.717) is 25.9 Å². The molecule has 1 saturated heterocycles. The van der Waals surface area contributed by atoms with Crippen LogP contribution in [0, 0.1) is 5.92 Å². The molecule has 138 valence electrons. The molecule has 0 aromatic rings. The third-order valence-electron chi connectivity index (χ3n) is 3.54. The van der Waals surface area contributed by atoms with Crippen molar-refractivity contribution in [3.8, 4) is 0 Å². The Morgan fingerprint density at radius 3 is 2.04 bits per heavy atom. The Labute approximate surface area is 144 Å². The molecule has 1 amide bonds. The number of likely N-dealkylation sites (tertiary alicyclic amines) is 1. The van der Waals surface area contributed by atoms with Gasteiger partial charge in [-0.1, -0.05) is 0 Å². The molecule has 1 aliphatic heterocycles. The average Bonchev–Trinajstić information content (AvgIpc) is 2.41. The first-order valence-electron chi connectivity index (χ1n) is 7.91. The van der Waals surface area contributed by atoms with Crippen LogP contribution in [-0.2, 0) is 19.4 Å². The third-order valence-corrected chi connectivity index (χ3v) is 4.64. The second-order valence-electron chi connectivity index (χ2n) is 7.34. The minimum Gasteiger partial charge on any atom is -0.444 e. The molecule has 0 atom stereocenters. The highest BCUT2D eigenvalue weighted by atomic mass is 32.2. The summed E-state index contributed by atoms with van der Waals surface area (Å²) in [6, 6.07) is 0.